The lowest BCUT2D eigenvalue weighted by atomic mass is 9.88. The summed E-state index contributed by atoms with van der Waals surface area (Å²) in [6.45, 7) is -1.86. The summed E-state index contributed by atoms with van der Waals surface area (Å²) in [6.07, 6.45) is -28.1. The number of ether oxygens (including phenoxy) is 5. The molecule has 13 N–H and O–H groups in total. The highest BCUT2D eigenvalue weighted by molar-refractivity contribution is 5.76. The second kappa shape index (κ2) is 14.6. The first-order valence-electron chi connectivity index (χ1n) is 13.2. The number of carboxylic acids is 1. The standard InChI is InChI=1S/C23H39NO19/c1-6(28)24-11-7(29)2-23(22(37)38,42-18(11)12(31)8(30)3-25)43-19-16(35)20(36)39-10(5-27)17(19)41-21-15(34)14(33)13(32)9(4-26)40-21/h7-21,25-27,29-36H,2-5H2,1H3,(H,24,28)(H,37,38)/t7-,8+,9+,10+,11+,12+,13-,14-,15+,16+,17+,18+,19+,20?,21-,23-/m0/s1. The van der Waals surface area contributed by atoms with Crippen LogP contribution in [-0.2, 0) is 33.3 Å². The zero-order chi connectivity index (χ0) is 32.4. The molecule has 20 nitrogen and oxygen atoms in total. The van der Waals surface area contributed by atoms with E-state index < -0.39 is 136 Å². The third kappa shape index (κ3) is 7.41. The minimum atomic E-state index is -3.05. The molecule has 0 aliphatic carbocycles. The zero-order valence-electron chi connectivity index (χ0n) is 22.7. The fourth-order valence-electron chi connectivity index (χ4n) is 5.16. The van der Waals surface area contributed by atoms with E-state index in [4.69, 9.17) is 23.7 Å². The summed E-state index contributed by atoms with van der Waals surface area (Å²) in [6, 6.07) is -1.55. The summed E-state index contributed by atoms with van der Waals surface area (Å²) in [7, 11) is 0. The van der Waals surface area contributed by atoms with Crippen molar-refractivity contribution in [3.8, 4) is 0 Å². The Balaban J connectivity index is 2.01. The molecule has 0 saturated carbocycles. The molecule has 0 aromatic carbocycles. The highest BCUT2D eigenvalue weighted by atomic mass is 16.8. The van der Waals surface area contributed by atoms with E-state index in [2.05, 4.69) is 5.32 Å². The van der Waals surface area contributed by atoms with E-state index in [0.717, 1.165) is 6.92 Å². The minimum absolute atomic E-state index is 0.756. The number of nitrogens with one attached hydrogen (secondary N) is 1. The Bertz CT molecular complexity index is 942. The van der Waals surface area contributed by atoms with Crippen molar-refractivity contribution in [1.82, 2.24) is 5.32 Å². The van der Waals surface area contributed by atoms with Crippen LogP contribution < -0.4 is 5.32 Å². The number of hydrogen-bond acceptors (Lipinski definition) is 18. The van der Waals surface area contributed by atoms with Crippen LogP contribution in [0.2, 0.25) is 0 Å². The zero-order valence-corrected chi connectivity index (χ0v) is 22.7. The van der Waals surface area contributed by atoms with Crippen LogP contribution in [0.3, 0.4) is 0 Å². The van der Waals surface area contributed by atoms with Gasteiger partial charge in [-0.25, -0.2) is 4.79 Å². The van der Waals surface area contributed by atoms with Crippen molar-refractivity contribution in [3.05, 3.63) is 0 Å². The Morgan fingerprint density at radius 2 is 1.53 bits per heavy atom. The molecular formula is C23H39NO19. The first kappa shape index (κ1) is 35.8. The number of aliphatic hydroxyl groups is 11. The van der Waals surface area contributed by atoms with Crippen molar-refractivity contribution in [2.75, 3.05) is 19.8 Å². The molecule has 0 aromatic heterocycles. The summed E-state index contributed by atoms with van der Waals surface area (Å²) in [5.74, 6) is -5.78. The molecule has 1 unspecified atom stereocenters. The number of rotatable bonds is 11. The van der Waals surface area contributed by atoms with Gasteiger partial charge in [0, 0.05) is 13.3 Å². The maximum Gasteiger partial charge on any atom is 0.364 e. The van der Waals surface area contributed by atoms with Gasteiger partial charge in [-0.15, -0.1) is 0 Å². The van der Waals surface area contributed by atoms with Crippen LogP contribution in [0.1, 0.15) is 13.3 Å². The van der Waals surface area contributed by atoms with Crippen molar-refractivity contribution in [3.63, 3.8) is 0 Å². The normalized spacial score (nSPS) is 45.3. The number of carbonyl (C=O) groups excluding carboxylic acids is 1. The maximum atomic E-state index is 12.6. The molecule has 0 bridgehead atoms. The predicted molar refractivity (Wildman–Crippen MR) is 130 cm³/mol. The largest absolute Gasteiger partial charge is 0.477 e. The van der Waals surface area contributed by atoms with Crippen LogP contribution in [0.15, 0.2) is 0 Å². The fourth-order valence-corrected chi connectivity index (χ4v) is 5.16. The number of aliphatic hydroxyl groups excluding tert-OH is 11. The van der Waals surface area contributed by atoms with E-state index in [-0.39, 0.29) is 0 Å². The molecule has 3 fully saturated rings. The first-order chi connectivity index (χ1) is 20.1. The lowest BCUT2D eigenvalue weighted by Gasteiger charge is -2.51. The van der Waals surface area contributed by atoms with E-state index in [9.17, 15) is 70.9 Å². The number of hydrogen-bond donors (Lipinski definition) is 13. The summed E-state index contributed by atoms with van der Waals surface area (Å²) in [4.78, 5) is 24.4. The summed E-state index contributed by atoms with van der Waals surface area (Å²) in [5.41, 5.74) is 0. The molecule has 3 aliphatic heterocycles. The van der Waals surface area contributed by atoms with Crippen molar-refractivity contribution < 1.29 is 94.6 Å². The van der Waals surface area contributed by atoms with Crippen molar-refractivity contribution in [2.24, 2.45) is 0 Å². The molecule has 3 heterocycles. The van der Waals surface area contributed by atoms with Crippen molar-refractivity contribution in [2.45, 2.75) is 111 Å². The Labute approximate surface area is 243 Å². The molecule has 0 spiro atoms. The van der Waals surface area contributed by atoms with Gasteiger partial charge in [0.25, 0.3) is 5.79 Å². The van der Waals surface area contributed by atoms with Crippen LogP contribution in [0.25, 0.3) is 0 Å². The Morgan fingerprint density at radius 3 is 2.07 bits per heavy atom. The first-order valence-corrected chi connectivity index (χ1v) is 13.2. The number of carbonyl (C=O) groups is 2. The molecule has 3 aliphatic rings. The van der Waals surface area contributed by atoms with E-state index in [1.54, 1.807) is 0 Å². The van der Waals surface area contributed by atoms with Crippen molar-refractivity contribution >= 4 is 11.9 Å². The van der Waals surface area contributed by atoms with Crippen LogP contribution in [0.4, 0.5) is 0 Å². The number of carboxylic acid groups (broad SMARTS) is 1. The number of amides is 1. The predicted octanol–water partition coefficient (Wildman–Crippen LogP) is -8.22. The van der Waals surface area contributed by atoms with Gasteiger partial charge in [0.15, 0.2) is 12.6 Å². The van der Waals surface area contributed by atoms with E-state index in [0.29, 0.717) is 0 Å². The summed E-state index contributed by atoms with van der Waals surface area (Å²) in [5, 5.41) is 124. The van der Waals surface area contributed by atoms with Crippen LogP contribution in [0, 0.1) is 0 Å². The van der Waals surface area contributed by atoms with E-state index in [1.165, 1.54) is 0 Å². The number of aliphatic carboxylic acids is 1. The SMILES string of the molecule is CC(=O)N[C@H]1[C@H]([C@H](O)[C@H](O)CO)O[C@@](O[C@H]2[C@H](O[C@@H]3O[C@H](CO)[C@H](O)[C@H](O)[C@H]3O)[C@@H](CO)OC(O)[C@@H]2O)(C(=O)O)C[C@@H]1O. The van der Waals surface area contributed by atoms with Gasteiger partial charge in [-0.3, -0.25) is 4.79 Å². The fraction of sp³-hybridized carbons (Fsp3) is 0.913. The smallest absolute Gasteiger partial charge is 0.364 e. The lowest BCUT2D eigenvalue weighted by Crippen LogP contribution is -2.71. The molecule has 0 aromatic rings. The van der Waals surface area contributed by atoms with E-state index in [1.807, 2.05) is 0 Å². The van der Waals surface area contributed by atoms with Crippen molar-refractivity contribution in [1.29, 1.82) is 0 Å². The molecule has 43 heavy (non-hydrogen) atoms. The second-order valence-corrected chi connectivity index (χ2v) is 10.5. The van der Waals surface area contributed by atoms with Gasteiger partial charge in [0.2, 0.25) is 5.91 Å². The quantitative estimate of drug-likeness (QED) is 0.100. The summed E-state index contributed by atoms with van der Waals surface area (Å²) < 4.78 is 27.1. The highest BCUT2D eigenvalue weighted by Crippen LogP contribution is 2.38. The Morgan fingerprint density at radius 1 is 0.907 bits per heavy atom. The van der Waals surface area contributed by atoms with Gasteiger partial charge < -0.3 is 90.3 Å². The van der Waals surface area contributed by atoms with Crippen LogP contribution in [-0.4, -0.2) is 191 Å². The molecule has 250 valence electrons. The topological polar surface area (TPSA) is 335 Å². The summed E-state index contributed by atoms with van der Waals surface area (Å²) >= 11 is 0. The monoisotopic (exact) mass is 633 g/mol. The van der Waals surface area contributed by atoms with Crippen LogP contribution >= 0.6 is 0 Å². The third-order valence-corrected chi connectivity index (χ3v) is 7.47. The average Bonchev–Trinajstić information content (AvgIpc) is 2.96. The molecular weight excluding hydrogens is 594 g/mol. The highest BCUT2D eigenvalue weighted by Gasteiger charge is 2.60. The van der Waals surface area contributed by atoms with Gasteiger partial charge in [-0.1, -0.05) is 0 Å². The molecule has 3 saturated heterocycles. The maximum absolute atomic E-state index is 12.6. The molecule has 0 radical (unpaired) electrons. The molecule has 1 amide bonds. The minimum Gasteiger partial charge on any atom is -0.477 e. The average molecular weight is 634 g/mol. The third-order valence-electron chi connectivity index (χ3n) is 7.47. The van der Waals surface area contributed by atoms with Gasteiger partial charge >= 0.3 is 5.97 Å². The Hall–Kier alpha value is -1.70. The van der Waals surface area contributed by atoms with Gasteiger partial charge in [-0.05, 0) is 0 Å². The second-order valence-electron chi connectivity index (χ2n) is 10.5. The van der Waals surface area contributed by atoms with E-state index >= 15 is 0 Å². The van der Waals surface area contributed by atoms with Crippen LogP contribution in [0.5, 0.6) is 0 Å². The molecule has 16 atom stereocenters. The van der Waals surface area contributed by atoms with Gasteiger partial charge in [0.05, 0.1) is 32.0 Å². The van der Waals surface area contributed by atoms with Gasteiger partial charge in [-0.2, -0.15) is 0 Å². The molecule has 3 rings (SSSR count). The Kier molecular flexibility index (Phi) is 12.1. The van der Waals surface area contributed by atoms with Gasteiger partial charge in [0.1, 0.15) is 67.1 Å². The lowest BCUT2D eigenvalue weighted by molar-refractivity contribution is -0.390. The molecule has 20 heteroatoms.